The molecule has 0 heterocycles. The Hall–Kier alpha value is -0.930. The summed E-state index contributed by atoms with van der Waals surface area (Å²) in [5.74, 6) is -0.138. The van der Waals surface area contributed by atoms with Crippen LogP contribution in [0, 0.1) is 26.6 Å². The van der Waals surface area contributed by atoms with E-state index < -0.39 is 0 Å². The van der Waals surface area contributed by atoms with Gasteiger partial charge in [-0.3, -0.25) is 0 Å². The maximum atomic E-state index is 12.6. The zero-order valence-corrected chi connectivity index (χ0v) is 9.43. The topological polar surface area (TPSA) is 40.5 Å². The van der Waals surface area contributed by atoms with E-state index in [1.54, 1.807) is 12.1 Å². The van der Waals surface area contributed by atoms with Gasteiger partial charge in [0.2, 0.25) is 0 Å². The lowest BCUT2D eigenvalue weighted by atomic mass is 10.0. The fraction of sp³-hybridized carbons (Fsp3) is 0.455. The summed E-state index contributed by atoms with van der Waals surface area (Å²) in [6.45, 7) is 5.85. The normalized spacial score (nSPS) is 8.00. The molecular formula is C11H19FO2. The Morgan fingerprint density at radius 2 is 1.14 bits per heavy atom. The van der Waals surface area contributed by atoms with Crippen molar-refractivity contribution in [2.24, 2.45) is 0 Å². The van der Waals surface area contributed by atoms with Gasteiger partial charge >= 0.3 is 0 Å². The molecule has 0 aliphatic carbocycles. The second-order valence-electron chi connectivity index (χ2n) is 2.66. The maximum absolute atomic E-state index is 12.6. The summed E-state index contributed by atoms with van der Waals surface area (Å²) < 4.78 is 12.6. The predicted octanol–water partition coefficient (Wildman–Crippen LogP) is 1.97. The van der Waals surface area contributed by atoms with E-state index in [9.17, 15) is 4.39 Å². The average molecular weight is 202 g/mol. The average Bonchev–Trinajstić information content (AvgIpc) is 2.20. The molecular weight excluding hydrogens is 183 g/mol. The minimum absolute atomic E-state index is 0.138. The van der Waals surface area contributed by atoms with Gasteiger partial charge in [-0.15, -0.1) is 0 Å². The zero-order valence-electron chi connectivity index (χ0n) is 9.43. The van der Waals surface area contributed by atoms with Crippen LogP contribution >= 0.6 is 0 Å². The second-order valence-corrected chi connectivity index (χ2v) is 2.66. The smallest absolute Gasteiger partial charge is 0.123 e. The van der Waals surface area contributed by atoms with Crippen LogP contribution in [0.2, 0.25) is 0 Å². The highest BCUT2D eigenvalue weighted by molar-refractivity contribution is 5.32. The molecule has 0 bridgehead atoms. The number of hydrogen-bond donors (Lipinski definition) is 2. The van der Waals surface area contributed by atoms with Gasteiger partial charge in [-0.05, 0) is 49.6 Å². The van der Waals surface area contributed by atoms with E-state index in [2.05, 4.69) is 0 Å². The van der Waals surface area contributed by atoms with E-state index in [1.807, 2.05) is 20.8 Å². The number of rotatable bonds is 0. The van der Waals surface area contributed by atoms with Gasteiger partial charge in [-0.25, -0.2) is 4.39 Å². The van der Waals surface area contributed by atoms with E-state index in [-0.39, 0.29) is 5.82 Å². The molecule has 1 aromatic carbocycles. The first kappa shape index (κ1) is 15.5. The van der Waals surface area contributed by atoms with Crippen molar-refractivity contribution < 1.29 is 14.6 Å². The molecule has 14 heavy (non-hydrogen) atoms. The third-order valence-corrected chi connectivity index (χ3v) is 1.89. The maximum Gasteiger partial charge on any atom is 0.123 e. The standard InChI is InChI=1S/C9H11F.2CH4O/c1-6-4-9(10)5-7(2)8(6)3;2*1-2/h4-5H,1-3H3;2*2H,1H3. The summed E-state index contributed by atoms with van der Waals surface area (Å²) in [6, 6.07) is 3.12. The summed E-state index contributed by atoms with van der Waals surface area (Å²) in [7, 11) is 2.00. The highest BCUT2D eigenvalue weighted by Gasteiger charge is 1.98. The molecule has 82 valence electrons. The molecule has 1 rings (SSSR count). The molecule has 2 nitrogen and oxygen atoms in total. The second kappa shape index (κ2) is 8.66. The number of aryl methyl sites for hydroxylation is 2. The number of hydrogen-bond acceptors (Lipinski definition) is 2. The van der Waals surface area contributed by atoms with Crippen LogP contribution in [-0.4, -0.2) is 24.4 Å². The fourth-order valence-corrected chi connectivity index (χ4v) is 0.983. The number of halogens is 1. The highest BCUT2D eigenvalue weighted by atomic mass is 19.1. The van der Waals surface area contributed by atoms with Crippen LogP contribution in [0.5, 0.6) is 0 Å². The van der Waals surface area contributed by atoms with Crippen LogP contribution in [0.4, 0.5) is 4.39 Å². The molecule has 0 saturated heterocycles. The van der Waals surface area contributed by atoms with E-state index in [4.69, 9.17) is 10.2 Å². The van der Waals surface area contributed by atoms with Gasteiger partial charge in [0, 0.05) is 14.2 Å². The lowest BCUT2D eigenvalue weighted by Gasteiger charge is -2.02. The molecule has 0 aliphatic rings. The summed E-state index contributed by atoms with van der Waals surface area (Å²) in [5.41, 5.74) is 3.23. The van der Waals surface area contributed by atoms with Crippen LogP contribution in [0.25, 0.3) is 0 Å². The Morgan fingerprint density at radius 3 is 1.43 bits per heavy atom. The van der Waals surface area contributed by atoms with Gasteiger partial charge in [-0.2, -0.15) is 0 Å². The van der Waals surface area contributed by atoms with Crippen LogP contribution in [0.3, 0.4) is 0 Å². The minimum atomic E-state index is -0.138. The first-order chi connectivity index (χ1) is 6.61. The molecule has 0 saturated carbocycles. The Labute approximate surface area is 85.0 Å². The van der Waals surface area contributed by atoms with Crippen molar-refractivity contribution in [3.63, 3.8) is 0 Å². The van der Waals surface area contributed by atoms with Crippen LogP contribution in [-0.2, 0) is 0 Å². The number of benzene rings is 1. The van der Waals surface area contributed by atoms with Crippen molar-refractivity contribution in [3.8, 4) is 0 Å². The molecule has 1 aromatic rings. The van der Waals surface area contributed by atoms with E-state index >= 15 is 0 Å². The van der Waals surface area contributed by atoms with Gasteiger partial charge in [0.05, 0.1) is 0 Å². The van der Waals surface area contributed by atoms with Gasteiger partial charge in [0.15, 0.2) is 0 Å². The van der Waals surface area contributed by atoms with Crippen molar-refractivity contribution in [2.75, 3.05) is 14.2 Å². The third kappa shape index (κ3) is 4.94. The van der Waals surface area contributed by atoms with Crippen molar-refractivity contribution in [1.82, 2.24) is 0 Å². The third-order valence-electron chi connectivity index (χ3n) is 1.89. The Balaban J connectivity index is 0. The van der Waals surface area contributed by atoms with Gasteiger partial charge < -0.3 is 10.2 Å². The minimum Gasteiger partial charge on any atom is -0.400 e. The number of aliphatic hydroxyl groups excluding tert-OH is 2. The molecule has 0 aliphatic heterocycles. The summed E-state index contributed by atoms with van der Waals surface area (Å²) >= 11 is 0. The summed E-state index contributed by atoms with van der Waals surface area (Å²) in [5, 5.41) is 14.0. The quantitative estimate of drug-likeness (QED) is 0.675. The first-order valence-electron chi connectivity index (χ1n) is 4.24. The molecule has 0 spiro atoms. The Kier molecular flexibility index (Phi) is 9.61. The van der Waals surface area contributed by atoms with Gasteiger partial charge in [0.1, 0.15) is 5.82 Å². The molecule has 0 atom stereocenters. The van der Waals surface area contributed by atoms with Crippen molar-refractivity contribution >= 4 is 0 Å². The van der Waals surface area contributed by atoms with Crippen molar-refractivity contribution in [2.45, 2.75) is 20.8 Å². The van der Waals surface area contributed by atoms with Crippen molar-refractivity contribution in [1.29, 1.82) is 0 Å². The molecule has 3 heteroatoms. The molecule has 0 unspecified atom stereocenters. The Bertz CT molecular complexity index is 236. The largest absolute Gasteiger partial charge is 0.400 e. The monoisotopic (exact) mass is 202 g/mol. The lowest BCUT2D eigenvalue weighted by molar-refractivity contribution is 0.399. The van der Waals surface area contributed by atoms with E-state index in [0.717, 1.165) is 25.3 Å². The van der Waals surface area contributed by atoms with E-state index in [1.165, 1.54) is 5.56 Å². The van der Waals surface area contributed by atoms with Crippen LogP contribution < -0.4 is 0 Å². The molecule has 0 fully saturated rings. The van der Waals surface area contributed by atoms with Gasteiger partial charge in [0.25, 0.3) is 0 Å². The van der Waals surface area contributed by atoms with Crippen LogP contribution in [0.15, 0.2) is 12.1 Å². The molecule has 0 amide bonds. The van der Waals surface area contributed by atoms with Crippen molar-refractivity contribution in [3.05, 3.63) is 34.6 Å². The molecule has 0 radical (unpaired) electrons. The predicted molar refractivity (Wildman–Crippen MR) is 56.9 cm³/mol. The Morgan fingerprint density at radius 1 is 0.857 bits per heavy atom. The summed E-state index contributed by atoms with van der Waals surface area (Å²) in [4.78, 5) is 0. The summed E-state index contributed by atoms with van der Waals surface area (Å²) in [6.07, 6.45) is 0. The number of aliphatic hydroxyl groups is 2. The van der Waals surface area contributed by atoms with E-state index in [0.29, 0.717) is 0 Å². The van der Waals surface area contributed by atoms with Crippen LogP contribution in [0.1, 0.15) is 16.7 Å². The SMILES string of the molecule is CO.CO.Cc1cc(F)cc(C)c1C. The van der Waals surface area contributed by atoms with Gasteiger partial charge in [-0.1, -0.05) is 0 Å². The molecule has 0 aromatic heterocycles. The highest BCUT2D eigenvalue weighted by Crippen LogP contribution is 2.13. The first-order valence-corrected chi connectivity index (χ1v) is 4.24. The fourth-order valence-electron chi connectivity index (χ4n) is 0.983. The molecule has 2 N–H and O–H groups in total. The lowest BCUT2D eigenvalue weighted by Crippen LogP contribution is -1.87. The zero-order chi connectivity index (χ0) is 11.7.